The monoisotopic (exact) mass is 369 g/mol. The minimum atomic E-state index is -4.05. The molecule has 1 amide bonds. The van der Waals surface area contributed by atoms with Gasteiger partial charge in [0.1, 0.15) is 12.7 Å². The van der Waals surface area contributed by atoms with Crippen molar-refractivity contribution in [2.45, 2.75) is 11.8 Å². The summed E-state index contributed by atoms with van der Waals surface area (Å²) >= 11 is 0. The molecule has 1 heterocycles. The number of nitrogens with zero attached hydrogens (tertiary/aromatic N) is 4. The molecule has 0 aliphatic carbocycles. The SMILES string of the molecule is Cc1ccc(S(=O)(=O)N=C(NC(=O)c2ccccc2)n2cncn2)cc1. The van der Waals surface area contributed by atoms with E-state index >= 15 is 0 Å². The number of amides is 1. The van der Waals surface area contributed by atoms with Crippen molar-refractivity contribution in [1.29, 1.82) is 0 Å². The highest BCUT2D eigenvalue weighted by Gasteiger charge is 2.18. The fourth-order valence-corrected chi connectivity index (χ4v) is 3.02. The Morgan fingerprint density at radius 2 is 1.77 bits per heavy atom. The summed E-state index contributed by atoms with van der Waals surface area (Å²) in [5, 5.41) is 6.32. The summed E-state index contributed by atoms with van der Waals surface area (Å²) in [7, 11) is -4.05. The van der Waals surface area contributed by atoms with Crippen LogP contribution in [-0.4, -0.2) is 35.0 Å². The van der Waals surface area contributed by atoms with Crippen LogP contribution in [0.3, 0.4) is 0 Å². The molecule has 0 fully saturated rings. The molecule has 1 aromatic heterocycles. The lowest BCUT2D eigenvalue weighted by atomic mass is 10.2. The van der Waals surface area contributed by atoms with Crippen LogP contribution in [0.15, 0.2) is 76.5 Å². The maximum atomic E-state index is 12.6. The normalized spacial score (nSPS) is 12.0. The standard InChI is InChI=1S/C17H15N5O3S/c1-13-7-9-15(10-8-13)26(24,25)21-17(22-12-18-11-19-22)20-16(23)14-5-3-2-4-6-14/h2-12H,1H3,(H,20,21,23). The highest BCUT2D eigenvalue weighted by molar-refractivity contribution is 7.90. The molecule has 132 valence electrons. The summed E-state index contributed by atoms with van der Waals surface area (Å²) in [5.41, 5.74) is 1.27. The Kier molecular flexibility index (Phi) is 4.90. The van der Waals surface area contributed by atoms with Crippen LogP contribution in [0.4, 0.5) is 0 Å². The van der Waals surface area contributed by atoms with Gasteiger partial charge in [-0.2, -0.15) is 18.2 Å². The molecule has 0 unspecified atom stereocenters. The lowest BCUT2D eigenvalue weighted by Crippen LogP contribution is -2.36. The van der Waals surface area contributed by atoms with Crippen molar-refractivity contribution in [1.82, 2.24) is 20.1 Å². The van der Waals surface area contributed by atoms with Crippen molar-refractivity contribution >= 4 is 21.9 Å². The molecule has 3 aromatic rings. The van der Waals surface area contributed by atoms with Crippen molar-refractivity contribution in [3.63, 3.8) is 0 Å². The predicted molar refractivity (Wildman–Crippen MR) is 95.1 cm³/mol. The average molecular weight is 369 g/mol. The van der Waals surface area contributed by atoms with Crippen LogP contribution >= 0.6 is 0 Å². The topological polar surface area (TPSA) is 106 Å². The van der Waals surface area contributed by atoms with Gasteiger partial charge < -0.3 is 0 Å². The molecule has 0 aliphatic rings. The highest BCUT2D eigenvalue weighted by Crippen LogP contribution is 2.13. The Labute approximate surface area is 150 Å². The Morgan fingerprint density at radius 1 is 1.08 bits per heavy atom. The van der Waals surface area contributed by atoms with Gasteiger partial charge in [-0.15, -0.1) is 4.40 Å². The number of aryl methyl sites for hydroxylation is 1. The predicted octanol–water partition coefficient (Wildman–Crippen LogP) is 1.61. The minimum Gasteiger partial charge on any atom is -0.290 e. The van der Waals surface area contributed by atoms with E-state index < -0.39 is 15.9 Å². The van der Waals surface area contributed by atoms with Gasteiger partial charge in [0.2, 0.25) is 5.96 Å². The lowest BCUT2D eigenvalue weighted by Gasteiger charge is -2.09. The summed E-state index contributed by atoms with van der Waals surface area (Å²) in [6.45, 7) is 1.85. The van der Waals surface area contributed by atoms with Gasteiger partial charge in [0.05, 0.1) is 4.90 Å². The molecular weight excluding hydrogens is 354 g/mol. The molecular formula is C17H15N5O3S. The molecule has 0 bridgehead atoms. The highest BCUT2D eigenvalue weighted by atomic mass is 32.2. The first-order chi connectivity index (χ1) is 12.5. The third kappa shape index (κ3) is 4.01. The maximum Gasteiger partial charge on any atom is 0.285 e. The molecule has 0 spiro atoms. The van der Waals surface area contributed by atoms with E-state index in [-0.39, 0.29) is 10.9 Å². The van der Waals surface area contributed by atoms with E-state index in [1.54, 1.807) is 42.5 Å². The third-order valence-corrected chi connectivity index (χ3v) is 4.70. The summed E-state index contributed by atoms with van der Waals surface area (Å²) < 4.78 is 29.9. The molecule has 0 saturated carbocycles. The van der Waals surface area contributed by atoms with Crippen molar-refractivity contribution in [2.24, 2.45) is 4.40 Å². The second-order valence-corrected chi connectivity index (χ2v) is 6.97. The van der Waals surface area contributed by atoms with Crippen LogP contribution < -0.4 is 5.32 Å². The molecule has 0 aliphatic heterocycles. The molecule has 9 heteroatoms. The molecule has 2 aromatic carbocycles. The van der Waals surface area contributed by atoms with Crippen molar-refractivity contribution < 1.29 is 13.2 Å². The van der Waals surface area contributed by atoms with Gasteiger partial charge in [-0.3, -0.25) is 10.1 Å². The Morgan fingerprint density at radius 3 is 2.38 bits per heavy atom. The molecule has 1 N–H and O–H groups in total. The van der Waals surface area contributed by atoms with Gasteiger partial charge in [0, 0.05) is 5.56 Å². The maximum absolute atomic E-state index is 12.6. The quantitative estimate of drug-likeness (QED) is 0.558. The number of hydrogen-bond acceptors (Lipinski definition) is 5. The summed E-state index contributed by atoms with van der Waals surface area (Å²) in [4.78, 5) is 16.1. The summed E-state index contributed by atoms with van der Waals surface area (Å²) in [6.07, 6.45) is 2.46. The van der Waals surface area contributed by atoms with E-state index in [2.05, 4.69) is 19.8 Å². The smallest absolute Gasteiger partial charge is 0.285 e. The van der Waals surface area contributed by atoms with Crippen LogP contribution in [0.2, 0.25) is 0 Å². The summed E-state index contributed by atoms with van der Waals surface area (Å²) in [5.74, 6) is -0.782. The largest absolute Gasteiger partial charge is 0.290 e. The number of aromatic nitrogens is 3. The fraction of sp³-hybridized carbons (Fsp3) is 0.0588. The minimum absolute atomic E-state index is 0.00896. The van der Waals surface area contributed by atoms with Crippen LogP contribution in [0.1, 0.15) is 15.9 Å². The number of carbonyl (C=O) groups excluding carboxylic acids is 1. The summed E-state index contributed by atoms with van der Waals surface area (Å²) in [6, 6.07) is 14.6. The number of benzene rings is 2. The van der Waals surface area contributed by atoms with Gasteiger partial charge in [0.25, 0.3) is 15.9 Å². The van der Waals surface area contributed by atoms with Crippen molar-refractivity contribution in [3.05, 3.63) is 78.4 Å². The third-order valence-electron chi connectivity index (χ3n) is 3.42. The fourth-order valence-electron chi connectivity index (χ4n) is 2.08. The van der Waals surface area contributed by atoms with Gasteiger partial charge in [-0.25, -0.2) is 4.98 Å². The Hall–Kier alpha value is -3.33. The van der Waals surface area contributed by atoms with Gasteiger partial charge in [0.15, 0.2) is 0 Å². The van der Waals surface area contributed by atoms with Crippen molar-refractivity contribution in [3.8, 4) is 0 Å². The molecule has 0 saturated heterocycles. The number of sulfonamides is 1. The van der Waals surface area contributed by atoms with Gasteiger partial charge >= 0.3 is 0 Å². The Bertz CT molecular complexity index is 1030. The number of carbonyl (C=O) groups is 1. The second kappa shape index (κ2) is 7.28. The molecule has 0 atom stereocenters. The zero-order valence-electron chi connectivity index (χ0n) is 13.8. The molecule has 3 rings (SSSR count). The Balaban J connectivity index is 1.97. The lowest BCUT2D eigenvalue weighted by molar-refractivity contribution is 0.0975. The number of hydrogen-bond donors (Lipinski definition) is 1. The van der Waals surface area contributed by atoms with E-state index in [1.807, 2.05) is 6.92 Å². The molecule has 0 radical (unpaired) electrons. The van der Waals surface area contributed by atoms with Gasteiger partial charge in [-0.1, -0.05) is 35.9 Å². The van der Waals surface area contributed by atoms with E-state index in [9.17, 15) is 13.2 Å². The zero-order chi connectivity index (χ0) is 18.6. The van der Waals surface area contributed by atoms with Crippen LogP contribution in [0, 0.1) is 6.92 Å². The molecule has 26 heavy (non-hydrogen) atoms. The number of nitrogens with one attached hydrogen (secondary N) is 1. The van der Waals surface area contributed by atoms with E-state index in [0.29, 0.717) is 5.56 Å². The van der Waals surface area contributed by atoms with Crippen LogP contribution in [0.25, 0.3) is 0 Å². The first kappa shape index (κ1) is 17.5. The van der Waals surface area contributed by atoms with Crippen LogP contribution in [0.5, 0.6) is 0 Å². The van der Waals surface area contributed by atoms with E-state index in [0.717, 1.165) is 10.2 Å². The zero-order valence-corrected chi connectivity index (χ0v) is 14.6. The van der Waals surface area contributed by atoms with Crippen molar-refractivity contribution in [2.75, 3.05) is 0 Å². The molecule has 8 nitrogen and oxygen atoms in total. The first-order valence-corrected chi connectivity index (χ1v) is 9.03. The van der Waals surface area contributed by atoms with Crippen LogP contribution in [-0.2, 0) is 10.0 Å². The average Bonchev–Trinajstić information content (AvgIpc) is 3.17. The van der Waals surface area contributed by atoms with E-state index in [1.165, 1.54) is 24.8 Å². The van der Waals surface area contributed by atoms with E-state index in [4.69, 9.17) is 0 Å². The number of rotatable bonds is 3. The first-order valence-electron chi connectivity index (χ1n) is 7.59. The second-order valence-electron chi connectivity index (χ2n) is 5.36. The van der Waals surface area contributed by atoms with Gasteiger partial charge in [-0.05, 0) is 31.2 Å².